The van der Waals surface area contributed by atoms with Crippen molar-refractivity contribution < 1.29 is 9.90 Å². The predicted octanol–water partition coefficient (Wildman–Crippen LogP) is 2.53. The number of hydrogen-bond donors (Lipinski definition) is 1. The molecule has 1 N–H and O–H groups in total. The standard InChI is InChI=1S/C11H10BrIN4O2/c1-11(2,10(18)19)17-9(14-15-16-17)7-5-6(13)3-4-8(7)12/h3-5H,1-2H3,(H,18,19). The smallest absolute Gasteiger partial charge is 0.331 e. The number of tetrazole rings is 1. The molecule has 0 atom stereocenters. The fourth-order valence-electron chi connectivity index (χ4n) is 1.49. The van der Waals surface area contributed by atoms with Gasteiger partial charge in [-0.2, -0.15) is 0 Å². The van der Waals surface area contributed by atoms with Gasteiger partial charge in [-0.1, -0.05) is 15.9 Å². The molecule has 0 aliphatic rings. The molecule has 0 unspecified atom stereocenters. The van der Waals surface area contributed by atoms with Crippen LogP contribution in [-0.2, 0) is 10.3 Å². The Balaban J connectivity index is 2.63. The molecule has 0 bridgehead atoms. The van der Waals surface area contributed by atoms with Gasteiger partial charge in [0.15, 0.2) is 11.4 Å². The first-order valence-corrected chi connectivity index (χ1v) is 7.19. The summed E-state index contributed by atoms with van der Waals surface area (Å²) in [6.45, 7) is 3.11. The van der Waals surface area contributed by atoms with E-state index in [2.05, 4.69) is 54.0 Å². The van der Waals surface area contributed by atoms with Gasteiger partial charge in [0.1, 0.15) is 0 Å². The molecular formula is C11H10BrIN4O2. The number of carbonyl (C=O) groups is 1. The van der Waals surface area contributed by atoms with Crippen LogP contribution in [0, 0.1) is 3.57 Å². The highest BCUT2D eigenvalue weighted by Crippen LogP contribution is 2.30. The number of carboxylic acid groups (broad SMARTS) is 1. The van der Waals surface area contributed by atoms with Crippen LogP contribution in [0.2, 0.25) is 0 Å². The first-order valence-electron chi connectivity index (χ1n) is 5.31. The molecule has 0 amide bonds. The summed E-state index contributed by atoms with van der Waals surface area (Å²) in [6, 6.07) is 5.71. The molecular weight excluding hydrogens is 427 g/mol. The van der Waals surface area contributed by atoms with Crippen LogP contribution in [0.1, 0.15) is 13.8 Å². The van der Waals surface area contributed by atoms with Gasteiger partial charge in [0, 0.05) is 13.6 Å². The molecule has 2 rings (SSSR count). The second-order valence-corrected chi connectivity index (χ2v) is 6.50. The fraction of sp³-hybridized carbons (Fsp3) is 0.273. The van der Waals surface area contributed by atoms with E-state index in [1.165, 1.54) is 4.68 Å². The Bertz CT molecular complexity index is 641. The molecule has 100 valence electrons. The Kier molecular flexibility index (Phi) is 3.90. The van der Waals surface area contributed by atoms with Crippen molar-refractivity contribution in [2.75, 3.05) is 0 Å². The first-order chi connectivity index (χ1) is 8.84. The predicted molar refractivity (Wildman–Crippen MR) is 80.6 cm³/mol. The summed E-state index contributed by atoms with van der Waals surface area (Å²) in [7, 11) is 0. The van der Waals surface area contributed by atoms with Crippen molar-refractivity contribution in [3.05, 3.63) is 26.2 Å². The van der Waals surface area contributed by atoms with E-state index in [0.29, 0.717) is 5.82 Å². The van der Waals surface area contributed by atoms with Gasteiger partial charge in [0.05, 0.1) is 0 Å². The number of hydrogen-bond acceptors (Lipinski definition) is 4. The zero-order valence-electron chi connectivity index (χ0n) is 10.1. The van der Waals surface area contributed by atoms with Gasteiger partial charge < -0.3 is 5.11 Å². The molecule has 0 aliphatic carbocycles. The third-order valence-corrected chi connectivity index (χ3v) is 4.05. The second-order valence-electron chi connectivity index (χ2n) is 4.40. The van der Waals surface area contributed by atoms with E-state index in [9.17, 15) is 9.90 Å². The number of nitrogens with zero attached hydrogens (tertiary/aromatic N) is 4. The molecule has 0 saturated heterocycles. The second kappa shape index (κ2) is 5.16. The van der Waals surface area contributed by atoms with Crippen molar-refractivity contribution in [1.29, 1.82) is 0 Å². The minimum atomic E-state index is -1.22. The van der Waals surface area contributed by atoms with Gasteiger partial charge in [-0.25, -0.2) is 9.48 Å². The third-order valence-electron chi connectivity index (χ3n) is 2.69. The highest BCUT2D eigenvalue weighted by Gasteiger charge is 2.34. The summed E-state index contributed by atoms with van der Waals surface area (Å²) in [6.07, 6.45) is 0. The number of aromatic nitrogens is 4. The van der Waals surface area contributed by atoms with Crippen LogP contribution in [0.4, 0.5) is 0 Å². The van der Waals surface area contributed by atoms with Crippen molar-refractivity contribution in [1.82, 2.24) is 20.2 Å². The summed E-state index contributed by atoms with van der Waals surface area (Å²) in [4.78, 5) is 11.3. The molecule has 6 nitrogen and oxygen atoms in total. The number of carboxylic acids is 1. The van der Waals surface area contributed by atoms with Gasteiger partial charge in [-0.15, -0.1) is 5.10 Å². The van der Waals surface area contributed by atoms with E-state index >= 15 is 0 Å². The molecule has 0 saturated carbocycles. The van der Waals surface area contributed by atoms with Gasteiger partial charge in [0.25, 0.3) is 0 Å². The highest BCUT2D eigenvalue weighted by atomic mass is 127. The number of halogens is 2. The minimum absolute atomic E-state index is 0.415. The van der Waals surface area contributed by atoms with Crippen LogP contribution in [0.15, 0.2) is 22.7 Å². The van der Waals surface area contributed by atoms with E-state index in [0.717, 1.165) is 13.6 Å². The first kappa shape index (κ1) is 14.4. The molecule has 0 radical (unpaired) electrons. The Hall–Kier alpha value is -1.03. The normalized spacial score (nSPS) is 11.6. The number of rotatable bonds is 3. The average Bonchev–Trinajstić information content (AvgIpc) is 2.81. The lowest BCUT2D eigenvalue weighted by atomic mass is 10.1. The van der Waals surface area contributed by atoms with E-state index in [1.807, 2.05) is 18.2 Å². The van der Waals surface area contributed by atoms with E-state index in [-0.39, 0.29) is 0 Å². The maximum absolute atomic E-state index is 11.3. The Morgan fingerprint density at radius 2 is 2.16 bits per heavy atom. The quantitative estimate of drug-likeness (QED) is 0.747. The van der Waals surface area contributed by atoms with Crippen molar-refractivity contribution in [3.63, 3.8) is 0 Å². The zero-order valence-corrected chi connectivity index (χ0v) is 13.9. The van der Waals surface area contributed by atoms with Crippen LogP contribution in [0.3, 0.4) is 0 Å². The van der Waals surface area contributed by atoms with Gasteiger partial charge in [-0.05, 0) is 65.1 Å². The number of benzene rings is 1. The molecule has 0 spiro atoms. The van der Waals surface area contributed by atoms with Crippen molar-refractivity contribution >= 4 is 44.5 Å². The maximum Gasteiger partial charge on any atom is 0.331 e. The maximum atomic E-state index is 11.3. The molecule has 8 heteroatoms. The van der Waals surface area contributed by atoms with Gasteiger partial charge in [-0.3, -0.25) is 0 Å². The lowest BCUT2D eigenvalue weighted by Crippen LogP contribution is -2.37. The summed E-state index contributed by atoms with van der Waals surface area (Å²) in [5.74, 6) is -0.583. The van der Waals surface area contributed by atoms with Crippen molar-refractivity contribution in [2.45, 2.75) is 19.4 Å². The van der Waals surface area contributed by atoms with Crippen molar-refractivity contribution in [3.8, 4) is 11.4 Å². The van der Waals surface area contributed by atoms with Crippen LogP contribution in [0.25, 0.3) is 11.4 Å². The molecule has 1 aromatic heterocycles. The Morgan fingerprint density at radius 3 is 2.79 bits per heavy atom. The lowest BCUT2D eigenvalue weighted by Gasteiger charge is -2.20. The summed E-state index contributed by atoms with van der Waals surface area (Å²) in [5.41, 5.74) is -0.467. The van der Waals surface area contributed by atoms with E-state index in [1.54, 1.807) is 13.8 Å². The Morgan fingerprint density at radius 1 is 1.47 bits per heavy atom. The molecule has 19 heavy (non-hydrogen) atoms. The zero-order chi connectivity index (χ0) is 14.2. The monoisotopic (exact) mass is 436 g/mol. The van der Waals surface area contributed by atoms with Crippen LogP contribution in [0.5, 0.6) is 0 Å². The molecule has 2 aromatic rings. The van der Waals surface area contributed by atoms with Crippen LogP contribution < -0.4 is 0 Å². The average molecular weight is 437 g/mol. The summed E-state index contributed by atoms with van der Waals surface area (Å²) < 4.78 is 3.13. The van der Waals surface area contributed by atoms with Gasteiger partial charge in [0.2, 0.25) is 0 Å². The number of aliphatic carboxylic acids is 1. The molecule has 0 fully saturated rings. The van der Waals surface area contributed by atoms with Crippen molar-refractivity contribution in [2.24, 2.45) is 0 Å². The SMILES string of the molecule is CC(C)(C(=O)O)n1nnnc1-c1cc(I)ccc1Br. The molecule has 0 aliphatic heterocycles. The Labute approximate surface area is 131 Å². The van der Waals surface area contributed by atoms with Crippen LogP contribution in [-0.4, -0.2) is 31.3 Å². The largest absolute Gasteiger partial charge is 0.479 e. The highest BCUT2D eigenvalue weighted by molar-refractivity contribution is 14.1. The fourth-order valence-corrected chi connectivity index (χ4v) is 2.41. The van der Waals surface area contributed by atoms with Gasteiger partial charge >= 0.3 is 5.97 Å². The summed E-state index contributed by atoms with van der Waals surface area (Å²) >= 11 is 5.61. The topological polar surface area (TPSA) is 80.9 Å². The molecule has 1 heterocycles. The van der Waals surface area contributed by atoms with E-state index in [4.69, 9.17) is 0 Å². The van der Waals surface area contributed by atoms with E-state index < -0.39 is 11.5 Å². The third kappa shape index (κ3) is 2.64. The van der Waals surface area contributed by atoms with Crippen LogP contribution >= 0.6 is 38.5 Å². The lowest BCUT2D eigenvalue weighted by molar-refractivity contribution is -0.146. The molecule has 1 aromatic carbocycles. The minimum Gasteiger partial charge on any atom is -0.479 e. The summed E-state index contributed by atoms with van der Waals surface area (Å²) in [5, 5.41) is 20.6.